The normalized spacial score (nSPS) is 10.9. The standard InChI is InChI=1S/C10H16N6O/c1-3-4-11-5-9-6-16(15-13-9)7-10-12-8(2)14-17-10/h6,11H,3-5,7H2,1-2H3. The number of aryl methyl sites for hydroxylation is 1. The Morgan fingerprint density at radius 3 is 3.06 bits per heavy atom. The zero-order valence-electron chi connectivity index (χ0n) is 10.1. The molecule has 0 saturated carbocycles. The van der Waals surface area contributed by atoms with E-state index in [-0.39, 0.29) is 0 Å². The van der Waals surface area contributed by atoms with Gasteiger partial charge in [0.1, 0.15) is 6.54 Å². The summed E-state index contributed by atoms with van der Waals surface area (Å²) < 4.78 is 6.70. The van der Waals surface area contributed by atoms with Crippen molar-refractivity contribution in [3.8, 4) is 0 Å². The van der Waals surface area contributed by atoms with Gasteiger partial charge in [-0.25, -0.2) is 4.68 Å². The SMILES string of the molecule is CCCNCc1cn(Cc2nc(C)no2)nn1. The van der Waals surface area contributed by atoms with Gasteiger partial charge in [-0.05, 0) is 19.9 Å². The van der Waals surface area contributed by atoms with Crippen LogP contribution in [0.3, 0.4) is 0 Å². The first kappa shape index (κ1) is 11.7. The lowest BCUT2D eigenvalue weighted by Crippen LogP contribution is -2.13. The number of nitrogens with one attached hydrogen (secondary N) is 1. The summed E-state index contributed by atoms with van der Waals surface area (Å²) in [6.07, 6.45) is 2.98. The highest BCUT2D eigenvalue weighted by Gasteiger charge is 2.06. The zero-order chi connectivity index (χ0) is 12.1. The predicted molar refractivity (Wildman–Crippen MR) is 60.2 cm³/mol. The van der Waals surface area contributed by atoms with E-state index in [1.165, 1.54) is 0 Å². The van der Waals surface area contributed by atoms with Crippen LogP contribution < -0.4 is 5.32 Å². The third-order valence-corrected chi connectivity index (χ3v) is 2.19. The van der Waals surface area contributed by atoms with Crippen LogP contribution in [0, 0.1) is 6.92 Å². The summed E-state index contributed by atoms with van der Waals surface area (Å²) in [7, 11) is 0. The van der Waals surface area contributed by atoms with Gasteiger partial charge in [-0.15, -0.1) is 5.10 Å². The Bertz CT molecular complexity index is 463. The molecule has 7 nitrogen and oxygen atoms in total. The molecule has 0 bridgehead atoms. The number of rotatable bonds is 6. The van der Waals surface area contributed by atoms with E-state index in [4.69, 9.17) is 4.52 Å². The quantitative estimate of drug-likeness (QED) is 0.736. The van der Waals surface area contributed by atoms with Gasteiger partial charge in [0.2, 0.25) is 5.89 Å². The Morgan fingerprint density at radius 1 is 1.47 bits per heavy atom. The average Bonchev–Trinajstić information content (AvgIpc) is 2.90. The molecule has 0 aliphatic carbocycles. The van der Waals surface area contributed by atoms with Crippen LogP contribution in [0.25, 0.3) is 0 Å². The molecule has 2 aromatic heterocycles. The Labute approximate surface area is 99.2 Å². The Kier molecular flexibility index (Phi) is 3.81. The molecule has 0 aliphatic heterocycles. The van der Waals surface area contributed by atoms with Crippen molar-refractivity contribution >= 4 is 0 Å². The van der Waals surface area contributed by atoms with E-state index in [0.717, 1.165) is 25.2 Å². The lowest BCUT2D eigenvalue weighted by molar-refractivity contribution is 0.361. The van der Waals surface area contributed by atoms with Gasteiger partial charge < -0.3 is 9.84 Å². The van der Waals surface area contributed by atoms with E-state index >= 15 is 0 Å². The fourth-order valence-corrected chi connectivity index (χ4v) is 1.43. The van der Waals surface area contributed by atoms with Crippen molar-refractivity contribution < 1.29 is 4.52 Å². The summed E-state index contributed by atoms with van der Waals surface area (Å²) in [6, 6.07) is 0. The molecule has 2 heterocycles. The third kappa shape index (κ3) is 3.35. The van der Waals surface area contributed by atoms with Crippen LogP contribution in [0.15, 0.2) is 10.7 Å². The summed E-state index contributed by atoms with van der Waals surface area (Å²) in [4.78, 5) is 4.11. The van der Waals surface area contributed by atoms with Crippen LogP contribution in [0.1, 0.15) is 30.8 Å². The van der Waals surface area contributed by atoms with Gasteiger partial charge in [0, 0.05) is 6.54 Å². The number of hydrogen-bond acceptors (Lipinski definition) is 6. The molecule has 7 heteroatoms. The van der Waals surface area contributed by atoms with Crippen molar-refractivity contribution in [3.05, 3.63) is 23.6 Å². The van der Waals surface area contributed by atoms with Gasteiger partial charge in [0.15, 0.2) is 5.82 Å². The van der Waals surface area contributed by atoms with E-state index in [1.54, 1.807) is 11.6 Å². The minimum atomic E-state index is 0.460. The molecule has 92 valence electrons. The predicted octanol–water partition coefficient (Wildman–Crippen LogP) is 0.517. The molecule has 0 fully saturated rings. The maximum Gasteiger partial charge on any atom is 0.248 e. The number of nitrogens with zero attached hydrogens (tertiary/aromatic N) is 5. The van der Waals surface area contributed by atoms with E-state index in [0.29, 0.717) is 18.3 Å². The molecule has 1 N–H and O–H groups in total. The first-order valence-corrected chi connectivity index (χ1v) is 5.67. The first-order valence-electron chi connectivity index (χ1n) is 5.67. The minimum absolute atomic E-state index is 0.460. The fourth-order valence-electron chi connectivity index (χ4n) is 1.43. The van der Waals surface area contributed by atoms with Gasteiger partial charge >= 0.3 is 0 Å². The second kappa shape index (κ2) is 5.53. The Balaban J connectivity index is 1.89. The molecule has 2 rings (SSSR count). The van der Waals surface area contributed by atoms with Crippen LogP contribution in [0.5, 0.6) is 0 Å². The first-order chi connectivity index (χ1) is 8.28. The molecule has 0 radical (unpaired) electrons. The lowest BCUT2D eigenvalue weighted by Gasteiger charge is -1.97. The number of aromatic nitrogens is 5. The van der Waals surface area contributed by atoms with E-state index in [9.17, 15) is 0 Å². The Hall–Kier alpha value is -1.76. The maximum atomic E-state index is 5.01. The Morgan fingerprint density at radius 2 is 2.35 bits per heavy atom. The number of hydrogen-bond donors (Lipinski definition) is 1. The van der Waals surface area contributed by atoms with Crippen molar-refractivity contribution in [1.29, 1.82) is 0 Å². The molecule has 0 aliphatic rings. The van der Waals surface area contributed by atoms with Crippen molar-refractivity contribution in [2.75, 3.05) is 6.54 Å². The van der Waals surface area contributed by atoms with Crippen LogP contribution in [-0.2, 0) is 13.1 Å². The van der Waals surface area contributed by atoms with Gasteiger partial charge in [-0.1, -0.05) is 17.3 Å². The summed E-state index contributed by atoms with van der Waals surface area (Å²) in [5.41, 5.74) is 0.912. The average molecular weight is 236 g/mol. The van der Waals surface area contributed by atoms with Crippen LogP contribution in [0.2, 0.25) is 0 Å². The molecular weight excluding hydrogens is 220 g/mol. The van der Waals surface area contributed by atoms with Crippen molar-refractivity contribution in [2.24, 2.45) is 0 Å². The van der Waals surface area contributed by atoms with Crippen molar-refractivity contribution in [1.82, 2.24) is 30.5 Å². The van der Waals surface area contributed by atoms with Gasteiger partial charge in [-0.2, -0.15) is 4.98 Å². The second-order valence-corrected chi connectivity index (χ2v) is 3.82. The van der Waals surface area contributed by atoms with Crippen molar-refractivity contribution in [3.63, 3.8) is 0 Å². The van der Waals surface area contributed by atoms with Crippen LogP contribution in [-0.4, -0.2) is 31.7 Å². The molecule has 0 unspecified atom stereocenters. The monoisotopic (exact) mass is 236 g/mol. The van der Waals surface area contributed by atoms with E-state index in [1.807, 2.05) is 6.20 Å². The molecule has 0 spiro atoms. The molecular formula is C10H16N6O. The zero-order valence-corrected chi connectivity index (χ0v) is 10.1. The smallest absolute Gasteiger partial charge is 0.248 e. The van der Waals surface area contributed by atoms with Gasteiger partial charge in [-0.3, -0.25) is 0 Å². The summed E-state index contributed by atoms with van der Waals surface area (Å²) in [5, 5.41) is 15.0. The molecule has 0 amide bonds. The minimum Gasteiger partial charge on any atom is -0.337 e. The second-order valence-electron chi connectivity index (χ2n) is 3.82. The van der Waals surface area contributed by atoms with E-state index < -0.39 is 0 Å². The van der Waals surface area contributed by atoms with Crippen molar-refractivity contribution in [2.45, 2.75) is 33.4 Å². The van der Waals surface area contributed by atoms with Gasteiger partial charge in [0.05, 0.1) is 11.9 Å². The third-order valence-electron chi connectivity index (χ3n) is 2.19. The molecule has 0 saturated heterocycles. The van der Waals surface area contributed by atoms with E-state index in [2.05, 4.69) is 32.7 Å². The lowest BCUT2D eigenvalue weighted by atomic mass is 10.4. The molecule has 17 heavy (non-hydrogen) atoms. The highest BCUT2D eigenvalue weighted by Crippen LogP contribution is 2.00. The summed E-state index contributed by atoms with van der Waals surface area (Å²) in [6.45, 7) is 6.09. The summed E-state index contributed by atoms with van der Waals surface area (Å²) >= 11 is 0. The highest BCUT2D eigenvalue weighted by atomic mass is 16.5. The molecule has 0 atom stereocenters. The largest absolute Gasteiger partial charge is 0.337 e. The van der Waals surface area contributed by atoms with Gasteiger partial charge in [0.25, 0.3) is 0 Å². The fraction of sp³-hybridized carbons (Fsp3) is 0.600. The topological polar surface area (TPSA) is 81.7 Å². The van der Waals surface area contributed by atoms with Crippen LogP contribution in [0.4, 0.5) is 0 Å². The highest BCUT2D eigenvalue weighted by molar-refractivity contribution is 4.93. The summed E-state index contributed by atoms with van der Waals surface area (Å²) in [5.74, 6) is 1.17. The maximum absolute atomic E-state index is 5.01. The molecule has 2 aromatic rings. The molecule has 0 aromatic carbocycles. The van der Waals surface area contributed by atoms with Crippen LogP contribution >= 0.6 is 0 Å².